The van der Waals surface area contributed by atoms with Gasteiger partial charge in [-0.2, -0.15) is 12.7 Å². The molecule has 0 bridgehead atoms. The van der Waals surface area contributed by atoms with Gasteiger partial charge in [0.05, 0.1) is 30.4 Å². The second-order valence-electron chi connectivity index (χ2n) is 12.0. The van der Waals surface area contributed by atoms with E-state index in [-0.39, 0.29) is 24.5 Å². The third-order valence-corrected chi connectivity index (χ3v) is 11.0. The van der Waals surface area contributed by atoms with E-state index in [1.807, 2.05) is 25.1 Å². The lowest BCUT2D eigenvalue weighted by Gasteiger charge is -2.22. The standard InChI is InChI=1S/C30H40N6O6S2/c1-8-18-13-30(18,29(38)35-44(39,40)36(5)6)34-27(37)21-11-19(14-31-21)42-25-12-22(28-33-23(15-43-28)16(2)3)32-26-17(4)24(41-7)10-9-20(25)26/h8-10,12,16,18-19,21,23,31H,1,11,13-15H2,2-7H3,(H,34,37)(H,35,38)/t18-,19-,21+,23?,30-/m1/s1. The van der Waals surface area contributed by atoms with Crippen molar-refractivity contribution < 1.29 is 27.5 Å². The fourth-order valence-electron chi connectivity index (χ4n) is 5.49. The maximum Gasteiger partial charge on any atom is 0.303 e. The van der Waals surface area contributed by atoms with E-state index in [1.165, 1.54) is 14.1 Å². The summed E-state index contributed by atoms with van der Waals surface area (Å²) in [6.07, 6.45) is 1.81. The smallest absolute Gasteiger partial charge is 0.303 e. The highest BCUT2D eigenvalue weighted by atomic mass is 32.2. The van der Waals surface area contributed by atoms with Gasteiger partial charge in [0.15, 0.2) is 0 Å². The summed E-state index contributed by atoms with van der Waals surface area (Å²) in [5.74, 6) is 1.11. The molecule has 12 nitrogen and oxygen atoms in total. The molecular weight excluding hydrogens is 605 g/mol. The molecule has 3 heterocycles. The van der Waals surface area contributed by atoms with Crippen molar-refractivity contribution in [2.45, 2.75) is 57.3 Å². The van der Waals surface area contributed by atoms with Crippen LogP contribution < -0.4 is 24.8 Å². The van der Waals surface area contributed by atoms with Gasteiger partial charge in [0.25, 0.3) is 5.91 Å². The summed E-state index contributed by atoms with van der Waals surface area (Å²) in [7, 11) is 0.236. The number of carbonyl (C=O) groups is 2. The van der Waals surface area contributed by atoms with Gasteiger partial charge >= 0.3 is 10.2 Å². The van der Waals surface area contributed by atoms with Crippen LogP contribution in [0.1, 0.15) is 37.9 Å². The molecule has 0 radical (unpaired) electrons. The number of hydrogen-bond acceptors (Lipinski definition) is 10. The van der Waals surface area contributed by atoms with Crippen molar-refractivity contribution in [1.29, 1.82) is 0 Å². The van der Waals surface area contributed by atoms with Crippen molar-refractivity contribution in [2.75, 3.05) is 33.5 Å². The lowest BCUT2D eigenvalue weighted by molar-refractivity contribution is -0.130. The first-order valence-corrected chi connectivity index (χ1v) is 17.0. The van der Waals surface area contributed by atoms with Gasteiger partial charge in [-0.25, -0.2) is 9.71 Å². The Morgan fingerprint density at radius 2 is 2.02 bits per heavy atom. The molecule has 1 aromatic carbocycles. The number of ether oxygens (including phenoxy) is 2. The number of hydrogen-bond donors (Lipinski definition) is 3. The molecule has 1 unspecified atom stereocenters. The third kappa shape index (κ3) is 6.17. The van der Waals surface area contributed by atoms with Crippen LogP contribution in [-0.4, -0.2) is 91.8 Å². The van der Waals surface area contributed by atoms with Crippen LogP contribution in [0.4, 0.5) is 0 Å². The topological polar surface area (TPSA) is 151 Å². The molecule has 3 N–H and O–H groups in total. The monoisotopic (exact) mass is 644 g/mol. The number of aliphatic imine (C=N–C) groups is 1. The van der Waals surface area contributed by atoms with Gasteiger partial charge in [-0.3, -0.25) is 14.6 Å². The predicted octanol–water partition coefficient (Wildman–Crippen LogP) is 2.16. The van der Waals surface area contributed by atoms with Crippen molar-refractivity contribution in [3.05, 3.63) is 42.1 Å². The van der Waals surface area contributed by atoms with Crippen LogP contribution in [0.2, 0.25) is 0 Å². The Morgan fingerprint density at radius 1 is 1.27 bits per heavy atom. The van der Waals surface area contributed by atoms with Crippen LogP contribution in [0.5, 0.6) is 11.5 Å². The molecule has 5 rings (SSSR count). The van der Waals surface area contributed by atoms with Crippen LogP contribution in [0, 0.1) is 18.8 Å². The molecule has 5 atom stereocenters. The van der Waals surface area contributed by atoms with Crippen molar-refractivity contribution in [2.24, 2.45) is 16.8 Å². The highest BCUT2D eigenvalue weighted by molar-refractivity contribution is 8.14. The normalized spacial score (nSPS) is 26.5. The number of amides is 2. The largest absolute Gasteiger partial charge is 0.496 e. The van der Waals surface area contributed by atoms with Gasteiger partial charge in [0.1, 0.15) is 28.2 Å². The van der Waals surface area contributed by atoms with E-state index in [0.717, 1.165) is 43.0 Å². The number of thioether (sulfide) groups is 1. The zero-order chi connectivity index (χ0) is 32.0. The molecule has 0 spiro atoms. The number of fused-ring (bicyclic) bond motifs is 1. The molecule has 2 aromatic rings. The summed E-state index contributed by atoms with van der Waals surface area (Å²) in [5, 5.41) is 7.70. The second kappa shape index (κ2) is 12.3. The quantitative estimate of drug-likeness (QED) is 0.313. The van der Waals surface area contributed by atoms with Gasteiger partial charge in [-0.05, 0) is 31.4 Å². The van der Waals surface area contributed by atoms with Gasteiger partial charge in [-0.15, -0.1) is 18.3 Å². The molecule has 3 aliphatic rings. The molecule has 2 amide bonds. The number of pyridine rings is 1. The first-order chi connectivity index (χ1) is 20.8. The van der Waals surface area contributed by atoms with Crippen LogP contribution in [0.25, 0.3) is 10.9 Å². The number of nitrogens with zero attached hydrogens (tertiary/aromatic N) is 3. The highest BCUT2D eigenvalue weighted by Gasteiger charge is 2.61. The summed E-state index contributed by atoms with van der Waals surface area (Å²) in [6, 6.07) is 5.31. The SMILES string of the molecule is C=C[C@@H]1C[C@]1(NC(=O)[C@@H]1C[C@@H](Oc2cc(C3=NC(C(C)C)CS3)nc3c(C)c(OC)ccc23)CN1)C(=O)NS(=O)(=O)N(C)C. The Morgan fingerprint density at radius 3 is 2.64 bits per heavy atom. The number of rotatable bonds is 11. The Labute approximate surface area is 262 Å². The maximum absolute atomic E-state index is 13.4. The molecule has 1 saturated heterocycles. The Bertz CT molecular complexity index is 1630. The predicted molar refractivity (Wildman–Crippen MR) is 171 cm³/mol. The van der Waals surface area contributed by atoms with Crippen LogP contribution >= 0.6 is 11.8 Å². The van der Waals surface area contributed by atoms with Crippen LogP contribution in [0.15, 0.2) is 35.8 Å². The third-order valence-electron chi connectivity index (χ3n) is 8.48. The summed E-state index contributed by atoms with van der Waals surface area (Å²) in [5.41, 5.74) is 1.02. The molecule has 1 aromatic heterocycles. The molecule has 14 heteroatoms. The molecule has 1 saturated carbocycles. The van der Waals surface area contributed by atoms with E-state index in [4.69, 9.17) is 19.5 Å². The Balaban J connectivity index is 1.35. The lowest BCUT2D eigenvalue weighted by atomic mass is 10.1. The fourth-order valence-corrected chi connectivity index (χ4v) is 7.34. The summed E-state index contributed by atoms with van der Waals surface area (Å²) < 4.78 is 39.6. The molecular formula is C30H40N6O6S2. The van der Waals surface area contributed by atoms with Gasteiger partial charge in [-0.1, -0.05) is 19.9 Å². The Kier molecular flexibility index (Phi) is 9.00. The molecule has 2 fully saturated rings. The van der Waals surface area contributed by atoms with E-state index in [9.17, 15) is 18.0 Å². The van der Waals surface area contributed by atoms with E-state index in [0.29, 0.717) is 24.6 Å². The number of benzene rings is 1. The van der Waals surface area contributed by atoms with Crippen LogP contribution in [0.3, 0.4) is 0 Å². The first-order valence-electron chi connectivity index (χ1n) is 14.6. The second-order valence-corrected chi connectivity index (χ2v) is 14.9. The van der Waals surface area contributed by atoms with Crippen molar-refractivity contribution in [3.63, 3.8) is 0 Å². The van der Waals surface area contributed by atoms with Gasteiger partial charge < -0.3 is 20.1 Å². The summed E-state index contributed by atoms with van der Waals surface area (Å²) in [6.45, 7) is 10.4. The van der Waals surface area contributed by atoms with Gasteiger partial charge in [0, 0.05) is 55.7 Å². The number of nitrogens with one attached hydrogen (secondary N) is 3. The van der Waals surface area contributed by atoms with E-state index < -0.39 is 33.6 Å². The average molecular weight is 645 g/mol. The fraction of sp³-hybridized carbons (Fsp3) is 0.533. The number of aryl methyl sites for hydroxylation is 1. The van der Waals surface area contributed by atoms with E-state index in [2.05, 4.69) is 35.8 Å². The van der Waals surface area contributed by atoms with Gasteiger partial charge in [0.2, 0.25) is 5.91 Å². The number of methoxy groups -OCH3 is 1. The first kappa shape index (κ1) is 32.2. The number of aromatic nitrogens is 1. The van der Waals surface area contributed by atoms with Crippen LogP contribution in [-0.2, 0) is 19.8 Å². The summed E-state index contributed by atoms with van der Waals surface area (Å²) in [4.78, 5) is 36.3. The molecule has 238 valence electrons. The average Bonchev–Trinajstić information content (AvgIpc) is 3.28. The minimum absolute atomic E-state index is 0.224. The molecule has 44 heavy (non-hydrogen) atoms. The minimum Gasteiger partial charge on any atom is -0.496 e. The zero-order valence-electron chi connectivity index (χ0n) is 25.8. The molecule has 2 aliphatic heterocycles. The van der Waals surface area contributed by atoms with Crippen molar-refractivity contribution in [1.82, 2.24) is 24.6 Å². The zero-order valence-corrected chi connectivity index (χ0v) is 27.5. The van der Waals surface area contributed by atoms with E-state index in [1.54, 1.807) is 24.9 Å². The van der Waals surface area contributed by atoms with Crippen molar-refractivity contribution in [3.8, 4) is 11.5 Å². The highest BCUT2D eigenvalue weighted by Crippen LogP contribution is 2.45. The summed E-state index contributed by atoms with van der Waals surface area (Å²) >= 11 is 1.69. The lowest BCUT2D eigenvalue weighted by Crippen LogP contribution is -2.56. The minimum atomic E-state index is -4.02. The van der Waals surface area contributed by atoms with E-state index >= 15 is 0 Å². The molecule has 1 aliphatic carbocycles. The number of carbonyl (C=O) groups excluding carboxylic acids is 2. The van der Waals surface area contributed by atoms with Crippen molar-refractivity contribution >= 4 is 49.7 Å². The maximum atomic E-state index is 13.4. The Hall–Kier alpha value is -3.20.